The van der Waals surface area contributed by atoms with Crippen LogP contribution < -0.4 is 5.32 Å². The molecular formula is C19H28N4O3. The molecule has 0 radical (unpaired) electrons. The lowest BCUT2D eigenvalue weighted by Gasteiger charge is -2.42. The molecule has 0 bridgehead atoms. The first-order valence-corrected chi connectivity index (χ1v) is 9.46. The van der Waals surface area contributed by atoms with Crippen molar-refractivity contribution in [1.29, 1.82) is 0 Å². The van der Waals surface area contributed by atoms with Gasteiger partial charge in [0.1, 0.15) is 6.61 Å². The number of rotatable bonds is 5. The number of aliphatic hydroxyl groups excluding tert-OH is 1. The molecule has 142 valence electrons. The quantitative estimate of drug-likeness (QED) is 0.794. The highest BCUT2D eigenvalue weighted by Gasteiger charge is 2.32. The van der Waals surface area contributed by atoms with Gasteiger partial charge in [0.05, 0.1) is 5.92 Å². The normalized spacial score (nSPS) is 22.2. The van der Waals surface area contributed by atoms with Crippen LogP contribution in [0.15, 0.2) is 24.5 Å². The molecule has 2 fully saturated rings. The Morgan fingerprint density at radius 3 is 2.73 bits per heavy atom. The lowest BCUT2D eigenvalue weighted by Crippen LogP contribution is -2.51. The van der Waals surface area contributed by atoms with Gasteiger partial charge in [-0.05, 0) is 43.9 Å². The number of likely N-dealkylation sites (tertiary alicyclic amines) is 2. The molecule has 1 aromatic rings. The predicted octanol–water partition coefficient (Wildman–Crippen LogP) is 0.393. The zero-order chi connectivity index (χ0) is 18.4. The van der Waals surface area contributed by atoms with Crippen LogP contribution in [0.1, 0.15) is 31.2 Å². The molecule has 2 amide bonds. The number of nitrogens with one attached hydrogen (secondary N) is 1. The molecule has 1 aromatic heterocycles. The van der Waals surface area contributed by atoms with E-state index in [1.54, 1.807) is 17.3 Å². The first-order chi connectivity index (χ1) is 12.7. The second kappa shape index (κ2) is 9.09. The molecule has 2 N–H and O–H groups in total. The van der Waals surface area contributed by atoms with Crippen molar-refractivity contribution in [3.05, 3.63) is 30.1 Å². The maximum absolute atomic E-state index is 12.5. The van der Waals surface area contributed by atoms with Crippen molar-refractivity contribution >= 4 is 11.8 Å². The van der Waals surface area contributed by atoms with Crippen LogP contribution in [0.25, 0.3) is 0 Å². The third-order valence-electron chi connectivity index (χ3n) is 5.48. The largest absolute Gasteiger partial charge is 0.387 e. The summed E-state index contributed by atoms with van der Waals surface area (Å²) < 4.78 is 0. The van der Waals surface area contributed by atoms with E-state index in [2.05, 4.69) is 15.2 Å². The summed E-state index contributed by atoms with van der Waals surface area (Å²) in [4.78, 5) is 32.3. The summed E-state index contributed by atoms with van der Waals surface area (Å²) in [6.07, 6.45) is 7.28. The molecule has 1 atom stereocenters. The van der Waals surface area contributed by atoms with Crippen molar-refractivity contribution < 1.29 is 14.7 Å². The van der Waals surface area contributed by atoms with Gasteiger partial charge in [-0.1, -0.05) is 6.07 Å². The van der Waals surface area contributed by atoms with E-state index in [0.717, 1.165) is 44.3 Å². The van der Waals surface area contributed by atoms with Gasteiger partial charge in [-0.3, -0.25) is 19.5 Å². The minimum Gasteiger partial charge on any atom is -0.387 e. The topological polar surface area (TPSA) is 85.8 Å². The lowest BCUT2D eigenvalue weighted by molar-refractivity contribution is -0.135. The molecule has 2 saturated heterocycles. The molecule has 7 heteroatoms. The Hall–Kier alpha value is -1.99. The van der Waals surface area contributed by atoms with Gasteiger partial charge in [0, 0.05) is 44.6 Å². The van der Waals surface area contributed by atoms with Crippen LogP contribution in [0.3, 0.4) is 0 Å². The van der Waals surface area contributed by atoms with E-state index >= 15 is 0 Å². The van der Waals surface area contributed by atoms with Crippen LogP contribution in [0.2, 0.25) is 0 Å². The van der Waals surface area contributed by atoms with Crippen LogP contribution in [0.5, 0.6) is 0 Å². The molecule has 3 rings (SSSR count). The molecule has 0 aromatic carbocycles. The maximum atomic E-state index is 12.5. The van der Waals surface area contributed by atoms with Crippen molar-refractivity contribution in [1.82, 2.24) is 20.1 Å². The second-order valence-corrected chi connectivity index (χ2v) is 7.18. The van der Waals surface area contributed by atoms with Gasteiger partial charge in [0.2, 0.25) is 11.8 Å². The van der Waals surface area contributed by atoms with Crippen LogP contribution in [0.4, 0.5) is 0 Å². The van der Waals surface area contributed by atoms with Crippen LogP contribution in [0, 0.1) is 5.92 Å². The number of hydrogen-bond acceptors (Lipinski definition) is 5. The molecule has 7 nitrogen and oxygen atoms in total. The first-order valence-electron chi connectivity index (χ1n) is 9.46. The summed E-state index contributed by atoms with van der Waals surface area (Å²) in [5, 5.41) is 12.0. The van der Waals surface area contributed by atoms with E-state index in [1.807, 2.05) is 12.1 Å². The fourth-order valence-corrected chi connectivity index (χ4v) is 3.97. The highest BCUT2D eigenvalue weighted by atomic mass is 16.3. The Morgan fingerprint density at radius 2 is 2.04 bits per heavy atom. The maximum Gasteiger partial charge on any atom is 0.248 e. The van der Waals surface area contributed by atoms with Crippen molar-refractivity contribution in [3.8, 4) is 0 Å². The predicted molar refractivity (Wildman–Crippen MR) is 97.1 cm³/mol. The van der Waals surface area contributed by atoms with Crippen LogP contribution in [-0.4, -0.2) is 70.5 Å². The molecule has 0 spiro atoms. The number of aromatic nitrogens is 1. The average Bonchev–Trinajstić information content (AvgIpc) is 2.72. The molecule has 2 aliphatic heterocycles. The minimum atomic E-state index is -0.409. The Balaban J connectivity index is 1.46. The van der Waals surface area contributed by atoms with Crippen molar-refractivity contribution in [2.75, 3.05) is 32.8 Å². The van der Waals surface area contributed by atoms with E-state index in [1.165, 1.54) is 0 Å². The lowest BCUT2D eigenvalue weighted by atomic mass is 9.93. The van der Waals surface area contributed by atoms with Gasteiger partial charge in [-0.25, -0.2) is 0 Å². The van der Waals surface area contributed by atoms with Gasteiger partial charge in [0.15, 0.2) is 0 Å². The van der Waals surface area contributed by atoms with Crippen molar-refractivity contribution in [2.24, 2.45) is 5.92 Å². The summed E-state index contributed by atoms with van der Waals surface area (Å²) in [5.41, 5.74) is 1.01. The van der Waals surface area contributed by atoms with Crippen LogP contribution >= 0.6 is 0 Å². The Labute approximate surface area is 154 Å². The van der Waals surface area contributed by atoms with E-state index < -0.39 is 6.61 Å². The summed E-state index contributed by atoms with van der Waals surface area (Å²) in [6.45, 7) is 3.30. The van der Waals surface area contributed by atoms with Crippen LogP contribution in [-0.2, 0) is 16.1 Å². The Morgan fingerprint density at radius 1 is 1.23 bits per heavy atom. The zero-order valence-corrected chi connectivity index (χ0v) is 15.1. The van der Waals surface area contributed by atoms with Crippen molar-refractivity contribution in [2.45, 2.75) is 38.3 Å². The van der Waals surface area contributed by atoms with E-state index in [-0.39, 0.29) is 17.7 Å². The van der Waals surface area contributed by atoms with E-state index in [9.17, 15) is 9.59 Å². The first kappa shape index (κ1) is 18.8. The second-order valence-electron chi connectivity index (χ2n) is 7.18. The standard InChI is InChI=1S/C19H28N4O3/c24-14-18(25)22-9-5-17(6-10-22)23-8-2-4-16(13-23)19(26)21-12-15-3-1-7-20-11-15/h1,3,7,11,16-17,24H,2,4-6,8-10,12-14H2,(H,21,26). The Bertz CT molecular complexity index is 602. The summed E-state index contributed by atoms with van der Waals surface area (Å²) in [5.74, 6) is -0.0428. The SMILES string of the molecule is O=C(NCc1cccnc1)C1CCCN(C2CCN(C(=O)CO)CC2)C1. The molecule has 3 heterocycles. The fourth-order valence-electron chi connectivity index (χ4n) is 3.97. The molecule has 0 aliphatic carbocycles. The van der Waals surface area contributed by atoms with Gasteiger partial charge < -0.3 is 15.3 Å². The highest BCUT2D eigenvalue weighted by molar-refractivity contribution is 5.79. The molecular weight excluding hydrogens is 332 g/mol. The number of carbonyl (C=O) groups excluding carboxylic acids is 2. The van der Waals surface area contributed by atoms with E-state index in [0.29, 0.717) is 25.7 Å². The fraction of sp³-hybridized carbons (Fsp3) is 0.632. The molecule has 1 unspecified atom stereocenters. The number of pyridine rings is 1. The number of carbonyl (C=O) groups is 2. The minimum absolute atomic E-state index is 0.0255. The molecule has 0 saturated carbocycles. The number of amides is 2. The number of aliphatic hydroxyl groups is 1. The smallest absolute Gasteiger partial charge is 0.248 e. The van der Waals surface area contributed by atoms with Crippen molar-refractivity contribution in [3.63, 3.8) is 0 Å². The van der Waals surface area contributed by atoms with Gasteiger partial charge in [-0.15, -0.1) is 0 Å². The third kappa shape index (κ3) is 4.80. The zero-order valence-electron chi connectivity index (χ0n) is 15.1. The number of hydrogen-bond donors (Lipinski definition) is 2. The molecule has 26 heavy (non-hydrogen) atoms. The van der Waals surface area contributed by atoms with Gasteiger partial charge in [-0.2, -0.15) is 0 Å². The summed E-state index contributed by atoms with van der Waals surface area (Å²) >= 11 is 0. The highest BCUT2D eigenvalue weighted by Crippen LogP contribution is 2.24. The number of nitrogens with zero attached hydrogens (tertiary/aromatic N) is 3. The van der Waals surface area contributed by atoms with Gasteiger partial charge >= 0.3 is 0 Å². The molecule has 2 aliphatic rings. The summed E-state index contributed by atoms with van der Waals surface area (Å²) in [7, 11) is 0. The Kier molecular flexibility index (Phi) is 6.57. The van der Waals surface area contributed by atoms with Gasteiger partial charge in [0.25, 0.3) is 0 Å². The number of piperidine rings is 2. The third-order valence-corrected chi connectivity index (χ3v) is 5.48. The van der Waals surface area contributed by atoms with E-state index in [4.69, 9.17) is 5.11 Å². The average molecular weight is 360 g/mol. The monoisotopic (exact) mass is 360 g/mol. The summed E-state index contributed by atoms with van der Waals surface area (Å²) in [6, 6.07) is 4.26.